The molecule has 8 heteroatoms. The number of rotatable bonds is 5. The van der Waals surface area contributed by atoms with Gasteiger partial charge in [-0.3, -0.25) is 0 Å². The van der Waals surface area contributed by atoms with Crippen LogP contribution in [0.3, 0.4) is 0 Å². The van der Waals surface area contributed by atoms with Crippen LogP contribution in [0, 0.1) is 10.6 Å². The molecule has 0 unspecified atom stereocenters. The highest BCUT2D eigenvalue weighted by Gasteiger charge is 2.12. The molecule has 3 rings (SSSR count). The fourth-order valence-corrected chi connectivity index (χ4v) is 2.41. The van der Waals surface area contributed by atoms with E-state index >= 15 is 0 Å². The van der Waals surface area contributed by atoms with Gasteiger partial charge in [0.15, 0.2) is 17.3 Å². The SMILES string of the molecule is COc1ccc(-c2n[nH]c(=S)n2N=Cc2ccc(F)cc2)cc1OC. The summed E-state index contributed by atoms with van der Waals surface area (Å²) in [4.78, 5) is 0. The highest BCUT2D eigenvalue weighted by atomic mass is 32.1. The van der Waals surface area contributed by atoms with Gasteiger partial charge in [-0.15, -0.1) is 0 Å². The van der Waals surface area contributed by atoms with Crippen LogP contribution in [0.25, 0.3) is 11.4 Å². The molecule has 128 valence electrons. The molecule has 0 spiro atoms. The van der Waals surface area contributed by atoms with Gasteiger partial charge in [0.25, 0.3) is 0 Å². The van der Waals surface area contributed by atoms with E-state index in [1.807, 2.05) is 6.07 Å². The lowest BCUT2D eigenvalue weighted by Crippen LogP contribution is -1.96. The van der Waals surface area contributed by atoms with E-state index < -0.39 is 0 Å². The average Bonchev–Trinajstić information content (AvgIpc) is 3.01. The molecule has 6 nitrogen and oxygen atoms in total. The van der Waals surface area contributed by atoms with Gasteiger partial charge in [-0.1, -0.05) is 12.1 Å². The minimum absolute atomic E-state index is 0.303. The van der Waals surface area contributed by atoms with Gasteiger partial charge in [0.1, 0.15) is 5.82 Å². The van der Waals surface area contributed by atoms with Crippen LogP contribution in [0.2, 0.25) is 0 Å². The van der Waals surface area contributed by atoms with E-state index in [1.54, 1.807) is 44.7 Å². The van der Waals surface area contributed by atoms with Crippen molar-refractivity contribution >= 4 is 18.4 Å². The monoisotopic (exact) mass is 358 g/mol. The van der Waals surface area contributed by atoms with Gasteiger partial charge < -0.3 is 9.47 Å². The van der Waals surface area contributed by atoms with E-state index in [0.29, 0.717) is 22.1 Å². The molecule has 0 aliphatic carbocycles. The summed E-state index contributed by atoms with van der Waals surface area (Å²) in [6.07, 6.45) is 1.58. The molecule has 0 atom stereocenters. The van der Waals surface area contributed by atoms with Crippen molar-refractivity contribution in [3.8, 4) is 22.9 Å². The van der Waals surface area contributed by atoms with E-state index in [9.17, 15) is 4.39 Å². The number of nitrogens with zero attached hydrogens (tertiary/aromatic N) is 3. The summed E-state index contributed by atoms with van der Waals surface area (Å²) in [5, 5.41) is 11.3. The van der Waals surface area contributed by atoms with E-state index in [1.165, 1.54) is 16.8 Å². The number of hydrogen-bond acceptors (Lipinski definition) is 5. The number of aromatic nitrogens is 3. The fourth-order valence-electron chi connectivity index (χ4n) is 2.23. The molecular weight excluding hydrogens is 343 g/mol. The van der Waals surface area contributed by atoms with Crippen LogP contribution in [0.5, 0.6) is 11.5 Å². The number of benzene rings is 2. The van der Waals surface area contributed by atoms with Crippen molar-refractivity contribution < 1.29 is 13.9 Å². The van der Waals surface area contributed by atoms with Gasteiger partial charge in [-0.05, 0) is 48.1 Å². The number of nitrogens with one attached hydrogen (secondary N) is 1. The Morgan fingerprint density at radius 2 is 1.84 bits per heavy atom. The van der Waals surface area contributed by atoms with Crippen molar-refractivity contribution in [1.82, 2.24) is 14.9 Å². The topological polar surface area (TPSA) is 64.4 Å². The van der Waals surface area contributed by atoms with Crippen LogP contribution in [0.1, 0.15) is 5.56 Å². The van der Waals surface area contributed by atoms with Crippen molar-refractivity contribution in [3.63, 3.8) is 0 Å². The second-order valence-electron chi connectivity index (χ2n) is 5.03. The summed E-state index contributed by atoms with van der Waals surface area (Å²) < 4.78 is 25.4. The lowest BCUT2D eigenvalue weighted by atomic mass is 10.2. The molecule has 0 bridgehead atoms. The fraction of sp³-hybridized carbons (Fsp3) is 0.118. The summed E-state index contributed by atoms with van der Waals surface area (Å²) >= 11 is 5.23. The summed E-state index contributed by atoms with van der Waals surface area (Å²) in [5.74, 6) is 1.40. The van der Waals surface area contributed by atoms with E-state index in [-0.39, 0.29) is 5.82 Å². The largest absolute Gasteiger partial charge is 0.493 e. The maximum absolute atomic E-state index is 13.0. The second kappa shape index (κ2) is 7.27. The highest BCUT2D eigenvalue weighted by molar-refractivity contribution is 7.71. The molecule has 0 radical (unpaired) electrons. The van der Waals surface area contributed by atoms with Gasteiger partial charge in [-0.2, -0.15) is 14.9 Å². The molecule has 0 saturated carbocycles. The van der Waals surface area contributed by atoms with Crippen molar-refractivity contribution in [2.24, 2.45) is 5.10 Å². The predicted octanol–water partition coefficient (Wildman–Crippen LogP) is 3.65. The zero-order valence-electron chi connectivity index (χ0n) is 13.6. The standard InChI is InChI=1S/C17H15FN4O2S/c1-23-14-8-5-12(9-15(14)24-2)16-20-21-17(25)22(16)19-10-11-3-6-13(18)7-4-11/h3-10H,1-2H3,(H,21,25). The van der Waals surface area contributed by atoms with Crippen molar-refractivity contribution in [2.45, 2.75) is 0 Å². The first-order valence-electron chi connectivity index (χ1n) is 7.32. The van der Waals surface area contributed by atoms with Gasteiger partial charge in [0.05, 0.1) is 20.4 Å². The summed E-state index contributed by atoms with van der Waals surface area (Å²) in [6.45, 7) is 0. The maximum Gasteiger partial charge on any atom is 0.216 e. The van der Waals surface area contributed by atoms with Crippen LogP contribution in [0.15, 0.2) is 47.6 Å². The number of aromatic amines is 1. The molecule has 1 N–H and O–H groups in total. The van der Waals surface area contributed by atoms with Crippen LogP contribution in [-0.4, -0.2) is 35.3 Å². The second-order valence-corrected chi connectivity index (χ2v) is 5.42. The summed E-state index contributed by atoms with van der Waals surface area (Å²) in [7, 11) is 3.13. The predicted molar refractivity (Wildman–Crippen MR) is 95.3 cm³/mol. The molecule has 0 aliphatic rings. The summed E-state index contributed by atoms with van der Waals surface area (Å²) in [6, 6.07) is 11.4. The van der Waals surface area contributed by atoms with Crippen LogP contribution in [-0.2, 0) is 0 Å². The van der Waals surface area contributed by atoms with Crippen LogP contribution < -0.4 is 9.47 Å². The zero-order valence-corrected chi connectivity index (χ0v) is 14.4. The molecule has 25 heavy (non-hydrogen) atoms. The lowest BCUT2D eigenvalue weighted by molar-refractivity contribution is 0.355. The van der Waals surface area contributed by atoms with Gasteiger partial charge in [0.2, 0.25) is 4.77 Å². The number of H-pyrrole nitrogens is 1. The van der Waals surface area contributed by atoms with Crippen molar-refractivity contribution in [2.75, 3.05) is 14.2 Å². The molecule has 0 aliphatic heterocycles. The lowest BCUT2D eigenvalue weighted by Gasteiger charge is -2.09. The minimum atomic E-state index is -0.303. The van der Waals surface area contributed by atoms with Crippen molar-refractivity contribution in [3.05, 3.63) is 58.6 Å². The Labute approximate surface area is 148 Å². The molecular formula is C17H15FN4O2S. The number of methoxy groups -OCH3 is 2. The van der Waals surface area contributed by atoms with Crippen LogP contribution >= 0.6 is 12.2 Å². The Hall–Kier alpha value is -3.00. The normalized spacial score (nSPS) is 11.0. The first-order chi connectivity index (χ1) is 12.1. The third-order valence-electron chi connectivity index (χ3n) is 3.48. The Morgan fingerprint density at radius 3 is 2.52 bits per heavy atom. The van der Waals surface area contributed by atoms with Gasteiger partial charge >= 0.3 is 0 Å². The zero-order chi connectivity index (χ0) is 17.8. The summed E-state index contributed by atoms with van der Waals surface area (Å²) in [5.41, 5.74) is 1.49. The third kappa shape index (κ3) is 3.58. The number of halogens is 1. The first-order valence-corrected chi connectivity index (χ1v) is 7.73. The van der Waals surface area contributed by atoms with E-state index in [2.05, 4.69) is 15.3 Å². The molecule has 0 fully saturated rings. The minimum Gasteiger partial charge on any atom is -0.493 e. The Balaban J connectivity index is 1.99. The van der Waals surface area contributed by atoms with Crippen molar-refractivity contribution in [1.29, 1.82) is 0 Å². The average molecular weight is 358 g/mol. The van der Waals surface area contributed by atoms with Gasteiger partial charge in [-0.25, -0.2) is 9.49 Å². The number of ether oxygens (including phenoxy) is 2. The van der Waals surface area contributed by atoms with E-state index in [0.717, 1.165) is 11.1 Å². The number of hydrogen-bond donors (Lipinski definition) is 1. The molecule has 3 aromatic rings. The quantitative estimate of drug-likeness (QED) is 0.559. The third-order valence-corrected chi connectivity index (χ3v) is 3.75. The molecule has 0 saturated heterocycles. The molecule has 1 heterocycles. The first kappa shape index (κ1) is 16.8. The van der Waals surface area contributed by atoms with Gasteiger partial charge in [0, 0.05) is 5.56 Å². The Bertz CT molecular complexity index is 964. The maximum atomic E-state index is 13.0. The molecule has 2 aromatic carbocycles. The molecule has 0 amide bonds. The Kier molecular flexibility index (Phi) is 4.90. The highest BCUT2D eigenvalue weighted by Crippen LogP contribution is 2.31. The molecule has 1 aromatic heterocycles. The van der Waals surface area contributed by atoms with E-state index in [4.69, 9.17) is 21.7 Å². The smallest absolute Gasteiger partial charge is 0.216 e. The van der Waals surface area contributed by atoms with Crippen LogP contribution in [0.4, 0.5) is 4.39 Å². The Morgan fingerprint density at radius 1 is 1.12 bits per heavy atom.